The van der Waals surface area contributed by atoms with E-state index in [0.29, 0.717) is 5.13 Å². The van der Waals surface area contributed by atoms with E-state index in [4.69, 9.17) is 5.73 Å². The molecular formula is C8H15N5OS. The third-order valence-corrected chi connectivity index (χ3v) is 2.64. The number of nitrogens with two attached hydrogens (primary N) is 1. The highest BCUT2D eigenvalue weighted by Crippen LogP contribution is 2.11. The molecule has 0 bridgehead atoms. The van der Waals surface area contributed by atoms with Gasteiger partial charge in [0.25, 0.3) is 0 Å². The van der Waals surface area contributed by atoms with E-state index >= 15 is 0 Å². The molecule has 0 spiro atoms. The molecule has 7 heteroatoms. The summed E-state index contributed by atoms with van der Waals surface area (Å²) in [6.07, 6.45) is 0. The Hall–Kier alpha value is -1.37. The van der Waals surface area contributed by atoms with E-state index in [2.05, 4.69) is 14.7 Å². The Balaban J connectivity index is 2.40. The molecule has 84 valence electrons. The molecule has 1 amide bonds. The Kier molecular flexibility index (Phi) is 4.29. The van der Waals surface area contributed by atoms with E-state index in [9.17, 15) is 4.79 Å². The van der Waals surface area contributed by atoms with Crippen LogP contribution in [0.15, 0.2) is 0 Å². The second-order valence-corrected chi connectivity index (χ2v) is 3.63. The first-order valence-electron chi connectivity index (χ1n) is 4.78. The molecule has 3 N–H and O–H groups in total. The van der Waals surface area contributed by atoms with Crippen molar-refractivity contribution in [1.29, 1.82) is 0 Å². The van der Waals surface area contributed by atoms with Crippen LogP contribution < -0.4 is 11.1 Å². The number of likely N-dealkylation sites (N-methyl/N-ethyl adjacent to an activating group) is 1. The number of hydrogen-bond acceptors (Lipinski definition) is 6. The summed E-state index contributed by atoms with van der Waals surface area (Å²) >= 11 is 1.15. The van der Waals surface area contributed by atoms with Gasteiger partial charge in [0, 0.05) is 24.6 Å². The standard InChI is InChI=1S/C8H15N5OS/c1-3-13(4-2)6(14)5-10-8-11-7(9)12-15-8/h3-5H2,1-2H3,(H3,9,10,11,12). The fourth-order valence-electron chi connectivity index (χ4n) is 1.15. The van der Waals surface area contributed by atoms with Gasteiger partial charge in [-0.05, 0) is 13.8 Å². The zero-order valence-corrected chi connectivity index (χ0v) is 9.67. The molecule has 0 atom stereocenters. The molecule has 15 heavy (non-hydrogen) atoms. The summed E-state index contributed by atoms with van der Waals surface area (Å²) in [5, 5.41) is 3.46. The number of nitrogens with zero attached hydrogens (tertiary/aromatic N) is 3. The molecule has 1 rings (SSSR count). The van der Waals surface area contributed by atoms with Crippen LogP contribution in [-0.2, 0) is 4.79 Å². The van der Waals surface area contributed by atoms with E-state index in [1.54, 1.807) is 4.90 Å². The van der Waals surface area contributed by atoms with Gasteiger partial charge in [0.1, 0.15) is 0 Å². The van der Waals surface area contributed by atoms with Crippen molar-refractivity contribution in [2.75, 3.05) is 30.7 Å². The minimum absolute atomic E-state index is 0.0498. The van der Waals surface area contributed by atoms with Gasteiger partial charge in [0.2, 0.25) is 17.0 Å². The SMILES string of the molecule is CCN(CC)C(=O)CNc1nc(N)ns1. The lowest BCUT2D eigenvalue weighted by atomic mass is 10.4. The van der Waals surface area contributed by atoms with E-state index in [-0.39, 0.29) is 18.4 Å². The molecule has 6 nitrogen and oxygen atoms in total. The van der Waals surface area contributed by atoms with Gasteiger partial charge in [0.05, 0.1) is 6.54 Å². The highest BCUT2D eigenvalue weighted by molar-refractivity contribution is 7.09. The van der Waals surface area contributed by atoms with Gasteiger partial charge in [-0.1, -0.05) is 0 Å². The number of aromatic nitrogens is 2. The van der Waals surface area contributed by atoms with Gasteiger partial charge in [-0.2, -0.15) is 9.36 Å². The van der Waals surface area contributed by atoms with Gasteiger partial charge in [-0.3, -0.25) is 4.79 Å². The normalized spacial score (nSPS) is 10.0. The van der Waals surface area contributed by atoms with E-state index in [0.717, 1.165) is 24.6 Å². The molecule has 1 aromatic rings. The van der Waals surface area contributed by atoms with Crippen molar-refractivity contribution in [2.45, 2.75) is 13.8 Å². The third-order valence-electron chi connectivity index (χ3n) is 1.95. The van der Waals surface area contributed by atoms with E-state index in [1.807, 2.05) is 13.8 Å². The molecule has 0 aliphatic rings. The smallest absolute Gasteiger partial charge is 0.241 e. The topological polar surface area (TPSA) is 84.1 Å². The van der Waals surface area contributed by atoms with Crippen molar-refractivity contribution in [2.24, 2.45) is 0 Å². The van der Waals surface area contributed by atoms with Gasteiger partial charge < -0.3 is 16.0 Å². The van der Waals surface area contributed by atoms with Crippen LogP contribution in [-0.4, -0.2) is 39.8 Å². The quantitative estimate of drug-likeness (QED) is 0.763. The molecule has 0 saturated heterocycles. The maximum atomic E-state index is 11.6. The van der Waals surface area contributed by atoms with Crippen molar-refractivity contribution in [3.8, 4) is 0 Å². The first-order chi connectivity index (χ1) is 7.17. The lowest BCUT2D eigenvalue weighted by Gasteiger charge is -2.18. The molecule has 0 aliphatic carbocycles. The zero-order valence-electron chi connectivity index (χ0n) is 8.86. The van der Waals surface area contributed by atoms with Crippen molar-refractivity contribution in [3.63, 3.8) is 0 Å². The average Bonchev–Trinajstić information content (AvgIpc) is 2.63. The van der Waals surface area contributed by atoms with Crippen molar-refractivity contribution in [3.05, 3.63) is 0 Å². The van der Waals surface area contributed by atoms with Crippen LogP contribution in [0.1, 0.15) is 13.8 Å². The summed E-state index contributed by atoms with van der Waals surface area (Å²) in [5.41, 5.74) is 5.35. The molecule has 0 fully saturated rings. The lowest BCUT2D eigenvalue weighted by Crippen LogP contribution is -2.35. The summed E-state index contributed by atoms with van der Waals surface area (Å²) in [6.45, 7) is 5.57. The van der Waals surface area contributed by atoms with Crippen LogP contribution in [0, 0.1) is 0 Å². The number of anilines is 2. The summed E-state index contributed by atoms with van der Waals surface area (Å²) in [6, 6.07) is 0. The van der Waals surface area contributed by atoms with Crippen LogP contribution in [0.5, 0.6) is 0 Å². The summed E-state index contributed by atoms with van der Waals surface area (Å²) in [7, 11) is 0. The minimum Gasteiger partial charge on any atom is -0.367 e. The molecule has 0 radical (unpaired) electrons. The summed E-state index contributed by atoms with van der Waals surface area (Å²) in [4.78, 5) is 17.2. The largest absolute Gasteiger partial charge is 0.367 e. The Morgan fingerprint density at radius 3 is 2.67 bits per heavy atom. The molecule has 1 aromatic heterocycles. The van der Waals surface area contributed by atoms with Crippen LogP contribution in [0.3, 0.4) is 0 Å². The average molecular weight is 229 g/mol. The molecule has 0 saturated carbocycles. The maximum absolute atomic E-state index is 11.6. The Labute approximate surface area is 92.7 Å². The second-order valence-electron chi connectivity index (χ2n) is 2.88. The van der Waals surface area contributed by atoms with Crippen molar-refractivity contribution >= 4 is 28.5 Å². The number of nitrogens with one attached hydrogen (secondary N) is 1. The summed E-state index contributed by atoms with van der Waals surface area (Å²) in [5.74, 6) is 0.284. The first kappa shape index (κ1) is 11.7. The van der Waals surface area contributed by atoms with Crippen LogP contribution in [0.2, 0.25) is 0 Å². The number of nitrogen functional groups attached to an aromatic ring is 1. The predicted octanol–water partition coefficient (Wildman–Crippen LogP) is 0.401. The number of amides is 1. The van der Waals surface area contributed by atoms with Gasteiger partial charge in [0.15, 0.2) is 0 Å². The first-order valence-corrected chi connectivity index (χ1v) is 5.55. The predicted molar refractivity (Wildman–Crippen MR) is 60.7 cm³/mol. The molecule has 0 aromatic carbocycles. The monoisotopic (exact) mass is 229 g/mol. The van der Waals surface area contributed by atoms with Gasteiger partial charge in [-0.25, -0.2) is 0 Å². The Morgan fingerprint density at radius 2 is 2.20 bits per heavy atom. The number of carbonyl (C=O) groups is 1. The fourth-order valence-corrected chi connectivity index (χ4v) is 1.64. The van der Waals surface area contributed by atoms with Crippen LogP contribution in [0.4, 0.5) is 11.1 Å². The molecule has 0 unspecified atom stereocenters. The highest BCUT2D eigenvalue weighted by atomic mass is 32.1. The Morgan fingerprint density at radius 1 is 1.53 bits per heavy atom. The van der Waals surface area contributed by atoms with Crippen molar-refractivity contribution < 1.29 is 4.79 Å². The fraction of sp³-hybridized carbons (Fsp3) is 0.625. The minimum atomic E-state index is 0.0498. The van der Waals surface area contributed by atoms with Crippen molar-refractivity contribution in [1.82, 2.24) is 14.3 Å². The number of hydrogen-bond donors (Lipinski definition) is 2. The lowest BCUT2D eigenvalue weighted by molar-refractivity contribution is -0.128. The maximum Gasteiger partial charge on any atom is 0.241 e. The number of rotatable bonds is 5. The molecular weight excluding hydrogens is 214 g/mol. The van der Waals surface area contributed by atoms with Crippen LogP contribution >= 0.6 is 11.5 Å². The Bertz CT molecular complexity index is 323. The van der Waals surface area contributed by atoms with E-state index < -0.39 is 0 Å². The summed E-state index contributed by atoms with van der Waals surface area (Å²) < 4.78 is 3.80. The second kappa shape index (κ2) is 5.50. The highest BCUT2D eigenvalue weighted by Gasteiger charge is 2.09. The van der Waals surface area contributed by atoms with Gasteiger partial charge >= 0.3 is 0 Å². The third kappa shape index (κ3) is 3.35. The van der Waals surface area contributed by atoms with Gasteiger partial charge in [-0.15, -0.1) is 0 Å². The molecule has 1 heterocycles. The molecule has 0 aliphatic heterocycles. The van der Waals surface area contributed by atoms with Crippen LogP contribution in [0.25, 0.3) is 0 Å². The number of carbonyl (C=O) groups excluding carboxylic acids is 1. The van der Waals surface area contributed by atoms with E-state index in [1.165, 1.54) is 0 Å². The zero-order chi connectivity index (χ0) is 11.3.